The van der Waals surface area contributed by atoms with Crippen LogP contribution in [0.25, 0.3) is 10.9 Å². The second-order valence-corrected chi connectivity index (χ2v) is 9.93. The Labute approximate surface area is 230 Å². The quantitative estimate of drug-likeness (QED) is 0.485. The van der Waals surface area contributed by atoms with E-state index >= 15 is 0 Å². The van der Waals surface area contributed by atoms with Crippen LogP contribution in [0.15, 0.2) is 29.2 Å². The van der Waals surface area contributed by atoms with E-state index in [1.807, 2.05) is 18.3 Å². The van der Waals surface area contributed by atoms with Crippen molar-refractivity contribution in [1.82, 2.24) is 19.9 Å². The Kier molecular flexibility index (Phi) is 9.80. The summed E-state index contributed by atoms with van der Waals surface area (Å²) < 4.78 is 11.0. The smallest absolute Gasteiger partial charge is 0.260 e. The molecule has 0 unspecified atom stereocenters. The lowest BCUT2D eigenvalue weighted by atomic mass is 9.97. The number of rotatable bonds is 6. The van der Waals surface area contributed by atoms with E-state index in [1.165, 1.54) is 16.8 Å². The van der Waals surface area contributed by atoms with Crippen molar-refractivity contribution >= 4 is 41.7 Å². The number of nitrogens with zero attached hydrogens (tertiary/aromatic N) is 4. The third-order valence-corrected chi connectivity index (χ3v) is 7.43. The Morgan fingerprint density at radius 2 is 1.89 bits per heavy atom. The van der Waals surface area contributed by atoms with Gasteiger partial charge < -0.3 is 14.4 Å². The third kappa shape index (κ3) is 6.03. The molecule has 5 rings (SSSR count). The van der Waals surface area contributed by atoms with Crippen molar-refractivity contribution in [1.29, 1.82) is 0 Å². The van der Waals surface area contributed by atoms with Gasteiger partial charge in [0.15, 0.2) is 0 Å². The number of hydrogen-bond donors (Lipinski definition) is 1. The maximum atomic E-state index is 13.1. The van der Waals surface area contributed by atoms with Crippen molar-refractivity contribution < 1.29 is 9.47 Å². The molecule has 0 spiro atoms. The molecule has 2 aliphatic heterocycles. The van der Waals surface area contributed by atoms with Crippen LogP contribution in [-0.4, -0.2) is 59.8 Å². The zero-order valence-corrected chi connectivity index (χ0v) is 23.6. The van der Waals surface area contributed by atoms with Crippen molar-refractivity contribution in [2.24, 2.45) is 0 Å². The first-order valence-corrected chi connectivity index (χ1v) is 12.5. The molecule has 1 aromatic carbocycles. The third-order valence-electron chi connectivity index (χ3n) is 7.43. The Hall–Kier alpha value is -2.39. The molecule has 2 aliphatic rings. The predicted molar refractivity (Wildman–Crippen MR) is 152 cm³/mol. The molecule has 0 aliphatic carbocycles. The molecule has 1 saturated heterocycles. The van der Waals surface area contributed by atoms with Crippen LogP contribution in [0.3, 0.4) is 0 Å². The van der Waals surface area contributed by atoms with Crippen LogP contribution >= 0.6 is 24.8 Å². The number of anilines is 1. The molecule has 8 nitrogen and oxygen atoms in total. The molecule has 2 aromatic heterocycles. The highest BCUT2D eigenvalue weighted by Gasteiger charge is 2.25. The molecule has 1 N–H and O–H groups in total. The minimum absolute atomic E-state index is 0. The highest BCUT2D eigenvalue weighted by Crippen LogP contribution is 2.30. The molecule has 0 saturated carbocycles. The lowest BCUT2D eigenvalue weighted by Crippen LogP contribution is -2.37. The summed E-state index contributed by atoms with van der Waals surface area (Å²) in [7, 11) is 3.45. The van der Waals surface area contributed by atoms with Gasteiger partial charge in [-0.3, -0.25) is 19.7 Å². The lowest BCUT2D eigenvalue weighted by Gasteiger charge is -2.33. The van der Waals surface area contributed by atoms with Gasteiger partial charge in [0, 0.05) is 52.1 Å². The fraction of sp³-hybridized carbons (Fsp3) is 0.519. The summed E-state index contributed by atoms with van der Waals surface area (Å²) in [6.07, 6.45) is 5.32. The van der Waals surface area contributed by atoms with Crippen LogP contribution in [-0.2, 0) is 24.2 Å². The molecule has 3 aromatic rings. The number of likely N-dealkylation sites (tertiary alicyclic amines) is 1. The van der Waals surface area contributed by atoms with Crippen molar-refractivity contribution in [2.75, 3.05) is 38.8 Å². The van der Waals surface area contributed by atoms with E-state index in [0.29, 0.717) is 29.5 Å². The number of nitrogens with one attached hydrogen (secondary N) is 1. The number of piperidine rings is 1. The Bertz CT molecular complexity index is 1270. The minimum atomic E-state index is -0.1000. The van der Waals surface area contributed by atoms with E-state index in [4.69, 9.17) is 19.4 Å². The Morgan fingerprint density at radius 1 is 1.14 bits per heavy atom. The SMILES string of the molecule is COc1cc(C(C)C)c2c(=O)[nH]c(N3CCc4c(ccnc4CN4CCC(OC)CC4)C3)nc2c1.Cl.Cl. The van der Waals surface area contributed by atoms with Crippen LogP contribution in [0.1, 0.15) is 55.0 Å². The summed E-state index contributed by atoms with van der Waals surface area (Å²) >= 11 is 0. The van der Waals surface area contributed by atoms with E-state index in [-0.39, 0.29) is 36.3 Å². The fourth-order valence-corrected chi connectivity index (χ4v) is 5.38. The van der Waals surface area contributed by atoms with Gasteiger partial charge in [0.05, 0.1) is 29.8 Å². The molecule has 10 heteroatoms. The zero-order chi connectivity index (χ0) is 24.5. The summed E-state index contributed by atoms with van der Waals surface area (Å²) in [6, 6.07) is 5.89. The Morgan fingerprint density at radius 3 is 2.57 bits per heavy atom. The van der Waals surface area contributed by atoms with E-state index < -0.39 is 0 Å². The first-order valence-electron chi connectivity index (χ1n) is 12.5. The van der Waals surface area contributed by atoms with Crippen LogP contribution in [0.2, 0.25) is 0 Å². The topological polar surface area (TPSA) is 83.6 Å². The summed E-state index contributed by atoms with van der Waals surface area (Å²) in [5, 5.41) is 0.644. The first-order chi connectivity index (χ1) is 17.0. The van der Waals surface area contributed by atoms with Gasteiger partial charge >= 0.3 is 0 Å². The number of aromatic nitrogens is 3. The Balaban J connectivity index is 0.00000190. The number of fused-ring (bicyclic) bond motifs is 2. The van der Waals surface area contributed by atoms with Gasteiger partial charge in [0.1, 0.15) is 5.75 Å². The highest BCUT2D eigenvalue weighted by atomic mass is 35.5. The van der Waals surface area contributed by atoms with E-state index in [0.717, 1.165) is 56.8 Å². The van der Waals surface area contributed by atoms with Crippen molar-refractivity contribution in [2.45, 2.75) is 58.2 Å². The summed E-state index contributed by atoms with van der Waals surface area (Å²) in [5.74, 6) is 1.52. The maximum absolute atomic E-state index is 13.1. The van der Waals surface area contributed by atoms with Gasteiger partial charge in [-0.2, -0.15) is 0 Å². The van der Waals surface area contributed by atoms with Crippen LogP contribution in [0.5, 0.6) is 5.75 Å². The second-order valence-electron chi connectivity index (χ2n) is 9.93. The molecule has 37 heavy (non-hydrogen) atoms. The molecule has 0 amide bonds. The van der Waals surface area contributed by atoms with E-state index in [2.05, 4.69) is 34.7 Å². The number of H-pyrrole nitrogens is 1. The summed E-state index contributed by atoms with van der Waals surface area (Å²) in [6.45, 7) is 8.60. The van der Waals surface area contributed by atoms with Crippen molar-refractivity contribution in [3.05, 3.63) is 57.1 Å². The van der Waals surface area contributed by atoms with Crippen LogP contribution in [0.4, 0.5) is 5.95 Å². The standard InChI is InChI=1S/C27H35N5O3.2ClH/c1-17(2)22-13-20(35-4)14-23-25(22)26(33)30-27(29-23)32-12-8-21-18(15-32)5-9-28-24(21)16-31-10-6-19(34-3)7-11-31;;/h5,9,13-14,17,19H,6-8,10-12,15-16H2,1-4H3,(H,29,30,33);2*1H. The van der Waals surface area contributed by atoms with E-state index in [9.17, 15) is 4.79 Å². The molecule has 202 valence electrons. The normalized spacial score (nSPS) is 16.3. The average molecular weight is 551 g/mol. The number of ether oxygens (including phenoxy) is 2. The summed E-state index contributed by atoms with van der Waals surface area (Å²) in [4.78, 5) is 30.5. The monoisotopic (exact) mass is 549 g/mol. The number of aromatic amines is 1. The molecular formula is C27H37Cl2N5O3. The van der Waals surface area contributed by atoms with Gasteiger partial charge in [-0.05, 0) is 54.0 Å². The average Bonchev–Trinajstić information content (AvgIpc) is 2.88. The molecule has 0 atom stereocenters. The van der Waals surface area contributed by atoms with E-state index in [1.54, 1.807) is 14.2 Å². The second kappa shape index (κ2) is 12.4. The van der Waals surface area contributed by atoms with Gasteiger partial charge in [-0.1, -0.05) is 13.8 Å². The molecule has 4 heterocycles. The van der Waals surface area contributed by atoms with Crippen molar-refractivity contribution in [3.63, 3.8) is 0 Å². The van der Waals surface area contributed by atoms with Crippen LogP contribution in [0, 0.1) is 0 Å². The van der Waals surface area contributed by atoms with Gasteiger partial charge in [0.2, 0.25) is 5.95 Å². The zero-order valence-electron chi connectivity index (χ0n) is 22.0. The van der Waals surface area contributed by atoms with Gasteiger partial charge in [0.25, 0.3) is 5.56 Å². The highest BCUT2D eigenvalue weighted by molar-refractivity contribution is 5.86. The van der Waals surface area contributed by atoms with Gasteiger partial charge in [-0.25, -0.2) is 4.98 Å². The summed E-state index contributed by atoms with van der Waals surface area (Å²) in [5.41, 5.74) is 5.29. The number of benzene rings is 1. The van der Waals surface area contributed by atoms with Crippen molar-refractivity contribution in [3.8, 4) is 5.75 Å². The minimum Gasteiger partial charge on any atom is -0.497 e. The first kappa shape index (κ1) is 29.2. The lowest BCUT2D eigenvalue weighted by molar-refractivity contribution is 0.0384. The number of methoxy groups -OCH3 is 2. The molecule has 0 bridgehead atoms. The molecular weight excluding hydrogens is 513 g/mol. The molecule has 0 radical (unpaired) electrons. The number of pyridine rings is 1. The number of halogens is 2. The fourth-order valence-electron chi connectivity index (χ4n) is 5.38. The molecule has 1 fully saturated rings. The van der Waals surface area contributed by atoms with Crippen LogP contribution < -0.4 is 15.2 Å². The maximum Gasteiger partial charge on any atom is 0.260 e. The largest absolute Gasteiger partial charge is 0.497 e. The predicted octanol–water partition coefficient (Wildman–Crippen LogP) is 4.47. The number of hydrogen-bond acceptors (Lipinski definition) is 7. The van der Waals surface area contributed by atoms with Gasteiger partial charge in [-0.15, -0.1) is 24.8 Å².